The zero-order valence-corrected chi connectivity index (χ0v) is 30.6. The fourth-order valence-corrected chi connectivity index (χ4v) is 10.5. The first-order valence-electron chi connectivity index (χ1n) is 18.6. The van der Waals surface area contributed by atoms with Gasteiger partial charge in [-0.05, 0) is 93.5 Å². The summed E-state index contributed by atoms with van der Waals surface area (Å²) in [4.78, 5) is 7.98. The molecule has 0 radical (unpaired) electrons. The number of hydrogen-bond acceptors (Lipinski definition) is 2. The Bertz CT molecular complexity index is 3570. The number of hydrogen-bond donors (Lipinski definition) is 0. The minimum absolute atomic E-state index is 0.175. The summed E-state index contributed by atoms with van der Waals surface area (Å²) in [6.07, 6.45) is 0. The number of benzene rings is 8. The summed E-state index contributed by atoms with van der Waals surface area (Å²) >= 11 is 1.80. The topological polar surface area (TPSA) is 26.8 Å². The number of fused-ring (bicyclic) bond motifs is 14. The molecule has 3 heterocycles. The smallest absolute Gasteiger partial charge is 0.191 e. The molecule has 1 atom stereocenters. The normalized spacial score (nSPS) is 13.5. The average molecular weight is 730 g/mol. The fourth-order valence-electron chi connectivity index (χ4n) is 9.43. The molecule has 3 aromatic heterocycles. The Labute approximate surface area is 325 Å². The second-order valence-electron chi connectivity index (χ2n) is 14.5. The highest BCUT2D eigenvalue weighted by atomic mass is 32.1. The van der Waals surface area contributed by atoms with E-state index >= 15 is 0 Å². The van der Waals surface area contributed by atoms with E-state index in [2.05, 4.69) is 136 Å². The maximum Gasteiger partial charge on any atom is 0.191 e. The molecular formula is C51H27N3OS. The van der Waals surface area contributed by atoms with Gasteiger partial charge in [0.2, 0.25) is 0 Å². The van der Waals surface area contributed by atoms with Gasteiger partial charge in [0, 0.05) is 47.9 Å². The summed E-state index contributed by atoms with van der Waals surface area (Å²) in [7, 11) is 0. The van der Waals surface area contributed by atoms with Crippen LogP contribution in [-0.4, -0.2) is 4.57 Å². The van der Waals surface area contributed by atoms with Crippen LogP contribution in [0.3, 0.4) is 0 Å². The van der Waals surface area contributed by atoms with E-state index in [1.807, 2.05) is 36.4 Å². The Balaban J connectivity index is 1.06. The van der Waals surface area contributed by atoms with Gasteiger partial charge in [0.15, 0.2) is 11.4 Å². The monoisotopic (exact) mass is 729 g/mol. The number of thiophene rings is 1. The molecule has 1 aliphatic rings. The SMILES string of the molecule is [C-]#[N+]c1ccc2c(c1)-c1c(ccc3sc4ccccc4c13)C2c1c([N+]#[C-])cccc1-c1ccc(-n2c3ccccc3c3c4oc5ccccc5c4ccc32)cc1. The van der Waals surface area contributed by atoms with E-state index in [-0.39, 0.29) is 5.92 Å². The number of aromatic nitrogens is 1. The maximum absolute atomic E-state index is 8.40. The van der Waals surface area contributed by atoms with Crippen molar-refractivity contribution in [1.29, 1.82) is 0 Å². The van der Waals surface area contributed by atoms with E-state index in [1.54, 1.807) is 11.3 Å². The van der Waals surface area contributed by atoms with Crippen LogP contribution in [0.4, 0.5) is 11.4 Å². The highest BCUT2D eigenvalue weighted by Gasteiger charge is 2.35. The van der Waals surface area contributed by atoms with Gasteiger partial charge in [-0.25, -0.2) is 9.69 Å². The molecule has 8 aromatic carbocycles. The Kier molecular flexibility index (Phi) is 6.38. The van der Waals surface area contributed by atoms with Gasteiger partial charge < -0.3 is 8.98 Å². The Morgan fingerprint density at radius 3 is 2.20 bits per heavy atom. The molecule has 0 saturated heterocycles. The molecule has 1 unspecified atom stereocenters. The van der Waals surface area contributed by atoms with Crippen LogP contribution >= 0.6 is 11.3 Å². The van der Waals surface area contributed by atoms with Crippen molar-refractivity contribution in [1.82, 2.24) is 4.57 Å². The van der Waals surface area contributed by atoms with E-state index in [1.165, 1.54) is 31.3 Å². The van der Waals surface area contributed by atoms with Crippen LogP contribution in [0.1, 0.15) is 22.6 Å². The Hall–Kier alpha value is -7.44. The van der Waals surface area contributed by atoms with E-state index in [9.17, 15) is 0 Å². The lowest BCUT2D eigenvalue weighted by atomic mass is 9.83. The third-order valence-corrected chi connectivity index (χ3v) is 12.9. The molecule has 0 fully saturated rings. The minimum Gasteiger partial charge on any atom is -0.455 e. The van der Waals surface area contributed by atoms with Crippen molar-refractivity contribution in [2.24, 2.45) is 0 Å². The van der Waals surface area contributed by atoms with E-state index in [0.717, 1.165) is 77.2 Å². The van der Waals surface area contributed by atoms with Crippen molar-refractivity contribution in [2.75, 3.05) is 0 Å². The summed E-state index contributed by atoms with van der Waals surface area (Å²) < 4.78 is 11.3. The lowest BCUT2D eigenvalue weighted by molar-refractivity contribution is 0.673. The molecule has 0 aliphatic heterocycles. The lowest BCUT2D eigenvalue weighted by Gasteiger charge is -2.21. The van der Waals surface area contributed by atoms with Gasteiger partial charge in [0.1, 0.15) is 11.2 Å². The molecule has 12 rings (SSSR count). The largest absolute Gasteiger partial charge is 0.455 e. The van der Waals surface area contributed by atoms with Crippen LogP contribution in [0.2, 0.25) is 0 Å². The van der Waals surface area contributed by atoms with Crippen LogP contribution < -0.4 is 0 Å². The van der Waals surface area contributed by atoms with Crippen LogP contribution in [0.25, 0.3) is 102 Å². The maximum atomic E-state index is 8.40. The number of rotatable bonds is 3. The zero-order valence-electron chi connectivity index (χ0n) is 29.7. The predicted octanol–water partition coefficient (Wildman–Crippen LogP) is 15.0. The summed E-state index contributed by atoms with van der Waals surface area (Å²) in [5.41, 5.74) is 13.9. The van der Waals surface area contributed by atoms with Gasteiger partial charge in [-0.1, -0.05) is 103 Å². The Morgan fingerprint density at radius 2 is 1.34 bits per heavy atom. The van der Waals surface area contributed by atoms with Crippen molar-refractivity contribution < 1.29 is 4.42 Å². The summed E-state index contributed by atoms with van der Waals surface area (Å²) in [6.45, 7) is 16.3. The van der Waals surface area contributed by atoms with Crippen molar-refractivity contribution in [2.45, 2.75) is 5.92 Å². The van der Waals surface area contributed by atoms with Crippen LogP contribution in [0, 0.1) is 13.1 Å². The molecule has 5 heteroatoms. The van der Waals surface area contributed by atoms with Crippen molar-refractivity contribution in [3.8, 4) is 27.9 Å². The van der Waals surface area contributed by atoms with Gasteiger partial charge in [-0.3, -0.25) is 0 Å². The summed E-state index contributed by atoms with van der Waals surface area (Å²) in [5.74, 6) is -0.175. The number of nitrogens with zero attached hydrogens (tertiary/aromatic N) is 3. The van der Waals surface area contributed by atoms with Crippen molar-refractivity contribution in [3.05, 3.63) is 197 Å². The molecule has 0 bridgehead atoms. The fraction of sp³-hybridized carbons (Fsp3) is 0.0196. The molecule has 258 valence electrons. The highest BCUT2D eigenvalue weighted by Crippen LogP contribution is 2.57. The molecule has 0 N–H and O–H groups in total. The third-order valence-electron chi connectivity index (χ3n) is 11.7. The molecule has 11 aromatic rings. The van der Waals surface area contributed by atoms with E-state index < -0.39 is 0 Å². The first kappa shape index (κ1) is 31.0. The van der Waals surface area contributed by atoms with Gasteiger partial charge >= 0.3 is 0 Å². The Morgan fingerprint density at radius 1 is 0.554 bits per heavy atom. The summed E-state index contributed by atoms with van der Waals surface area (Å²) in [6, 6.07) is 55.2. The minimum atomic E-state index is -0.175. The second kappa shape index (κ2) is 11.5. The molecule has 0 spiro atoms. The molecule has 0 amide bonds. The first-order valence-corrected chi connectivity index (χ1v) is 19.4. The van der Waals surface area contributed by atoms with Gasteiger partial charge in [0.25, 0.3) is 0 Å². The summed E-state index contributed by atoms with van der Waals surface area (Å²) in [5, 5.41) is 6.95. The first-order chi connectivity index (χ1) is 27.7. The second-order valence-corrected chi connectivity index (χ2v) is 15.6. The zero-order chi connectivity index (χ0) is 37.1. The van der Waals surface area contributed by atoms with Crippen molar-refractivity contribution in [3.63, 3.8) is 0 Å². The van der Waals surface area contributed by atoms with Gasteiger partial charge in [0.05, 0.1) is 29.6 Å². The molecule has 56 heavy (non-hydrogen) atoms. The number of furan rings is 1. The van der Waals surface area contributed by atoms with Crippen molar-refractivity contribution >= 4 is 86.6 Å². The van der Waals surface area contributed by atoms with Gasteiger partial charge in [-0.15, -0.1) is 11.3 Å². The quantitative estimate of drug-likeness (QED) is 0.166. The third kappa shape index (κ3) is 4.15. The van der Waals surface area contributed by atoms with E-state index in [0.29, 0.717) is 11.4 Å². The van der Waals surface area contributed by atoms with Crippen LogP contribution in [0.15, 0.2) is 162 Å². The molecular weight excluding hydrogens is 703 g/mol. The molecule has 1 aliphatic carbocycles. The molecule has 0 saturated carbocycles. The van der Waals surface area contributed by atoms with Crippen LogP contribution in [-0.2, 0) is 0 Å². The lowest BCUT2D eigenvalue weighted by Crippen LogP contribution is -2.02. The van der Waals surface area contributed by atoms with Gasteiger partial charge in [-0.2, -0.15) is 0 Å². The highest BCUT2D eigenvalue weighted by molar-refractivity contribution is 7.26. The predicted molar refractivity (Wildman–Crippen MR) is 232 cm³/mol. The average Bonchev–Trinajstić information content (AvgIpc) is 4.00. The van der Waals surface area contributed by atoms with E-state index in [4.69, 9.17) is 17.6 Å². The standard InChI is InChI=1S/C51H27N3OS/c1-52-30-20-23-34-39(28-30)47-38(25-27-45-50(47)37-12-5-8-17-44(37)56-45)46(34)48-32(13-9-14-40(48)53-2)29-18-21-31(22-19-29)54-41-15-6-3-11-36(41)49-42(54)26-24-35-33-10-4-7-16-43(33)55-51(35)49/h3-28,46H. The number of para-hydroxylation sites is 2. The van der Waals surface area contributed by atoms with Crippen LogP contribution in [0.5, 0.6) is 0 Å². The molecule has 4 nitrogen and oxygen atoms in total.